The van der Waals surface area contributed by atoms with Crippen LogP contribution in [-0.4, -0.2) is 12.1 Å². The maximum absolute atomic E-state index is 12.7. The van der Waals surface area contributed by atoms with E-state index in [1.54, 1.807) is 30.3 Å². The molecule has 0 bridgehead atoms. The van der Waals surface area contributed by atoms with Crippen LogP contribution in [0, 0.1) is 5.92 Å². The molecule has 1 saturated carbocycles. The molecule has 4 nitrogen and oxygen atoms in total. The number of para-hydroxylation sites is 1. The molecule has 5 heteroatoms. The maximum atomic E-state index is 12.7. The Morgan fingerprint density at radius 2 is 1.96 bits per heavy atom. The number of halogens is 1. The molecule has 1 aliphatic rings. The molecule has 0 amide bonds. The van der Waals surface area contributed by atoms with Gasteiger partial charge in [0.1, 0.15) is 11.7 Å². The zero-order valence-corrected chi connectivity index (χ0v) is 16.4. The van der Waals surface area contributed by atoms with Crippen molar-refractivity contribution < 1.29 is 13.9 Å². The summed E-state index contributed by atoms with van der Waals surface area (Å²) in [5.74, 6) is 0.103. The van der Waals surface area contributed by atoms with Crippen molar-refractivity contribution >= 4 is 28.5 Å². The number of carbonyl (C=O) groups is 1. The summed E-state index contributed by atoms with van der Waals surface area (Å²) < 4.78 is 11.1. The van der Waals surface area contributed by atoms with E-state index in [9.17, 15) is 9.59 Å². The quantitative estimate of drug-likeness (QED) is 0.411. The molecule has 28 heavy (non-hydrogen) atoms. The van der Waals surface area contributed by atoms with Crippen LogP contribution >= 0.6 is 11.6 Å². The van der Waals surface area contributed by atoms with Crippen LogP contribution in [-0.2, 0) is 4.74 Å². The van der Waals surface area contributed by atoms with E-state index >= 15 is 0 Å². The second-order valence-corrected chi connectivity index (χ2v) is 7.89. The first kappa shape index (κ1) is 18.8. The van der Waals surface area contributed by atoms with E-state index in [4.69, 9.17) is 20.8 Å². The summed E-state index contributed by atoms with van der Waals surface area (Å²) >= 11 is 6.26. The molecule has 2 aromatic carbocycles. The normalized spacial score (nSPS) is 19.5. The van der Waals surface area contributed by atoms with Gasteiger partial charge in [0.05, 0.1) is 16.1 Å². The van der Waals surface area contributed by atoms with Crippen LogP contribution in [0.25, 0.3) is 22.1 Å². The first-order chi connectivity index (χ1) is 13.5. The molecule has 0 spiro atoms. The number of rotatable bonds is 3. The van der Waals surface area contributed by atoms with Gasteiger partial charge in [-0.05, 0) is 55.0 Å². The van der Waals surface area contributed by atoms with Gasteiger partial charge in [-0.3, -0.25) is 0 Å². The highest BCUT2D eigenvalue weighted by molar-refractivity contribution is 6.33. The molecule has 144 valence electrons. The van der Waals surface area contributed by atoms with E-state index in [1.165, 1.54) is 6.42 Å². The standard InChI is InChI=1S/C23H21ClO4/c1-14-5-4-7-17(11-14)27-23(26)19-12-15(9-10-20(19)24)18-13-16-6-2-3-8-21(16)28-22(18)25/h2-3,6,8-10,12-14,17H,4-5,7,11H2,1H3/t14-,17+/m0/s1. The summed E-state index contributed by atoms with van der Waals surface area (Å²) in [7, 11) is 0. The SMILES string of the molecule is C[C@H]1CCC[C@@H](OC(=O)c2cc(-c3cc4ccccc4oc3=O)ccc2Cl)C1. The van der Waals surface area contributed by atoms with E-state index in [2.05, 4.69) is 6.92 Å². The zero-order valence-electron chi connectivity index (χ0n) is 15.6. The summed E-state index contributed by atoms with van der Waals surface area (Å²) in [6, 6.07) is 14.0. The lowest BCUT2D eigenvalue weighted by Crippen LogP contribution is -2.24. The molecule has 0 unspecified atom stereocenters. The predicted molar refractivity (Wildman–Crippen MR) is 110 cm³/mol. The van der Waals surface area contributed by atoms with Crippen LogP contribution in [0.15, 0.2) is 57.7 Å². The van der Waals surface area contributed by atoms with Gasteiger partial charge in [-0.2, -0.15) is 0 Å². The summed E-state index contributed by atoms with van der Waals surface area (Å²) in [5, 5.41) is 1.12. The topological polar surface area (TPSA) is 56.5 Å². The first-order valence-corrected chi connectivity index (χ1v) is 9.93. The van der Waals surface area contributed by atoms with E-state index in [0.717, 1.165) is 24.6 Å². The summed E-state index contributed by atoms with van der Waals surface area (Å²) in [6.07, 6.45) is 3.90. The van der Waals surface area contributed by atoms with Crippen molar-refractivity contribution in [2.75, 3.05) is 0 Å². The van der Waals surface area contributed by atoms with Gasteiger partial charge < -0.3 is 9.15 Å². The van der Waals surface area contributed by atoms with Gasteiger partial charge in [-0.15, -0.1) is 0 Å². The van der Waals surface area contributed by atoms with Crippen LogP contribution in [0.3, 0.4) is 0 Å². The van der Waals surface area contributed by atoms with Crippen molar-refractivity contribution in [1.82, 2.24) is 0 Å². The second kappa shape index (κ2) is 7.80. The smallest absolute Gasteiger partial charge is 0.344 e. The maximum Gasteiger partial charge on any atom is 0.344 e. The Kier molecular flexibility index (Phi) is 5.23. The van der Waals surface area contributed by atoms with E-state index in [-0.39, 0.29) is 11.7 Å². The molecule has 1 fully saturated rings. The number of hydrogen-bond donors (Lipinski definition) is 0. The van der Waals surface area contributed by atoms with Crippen molar-refractivity contribution in [3.63, 3.8) is 0 Å². The van der Waals surface area contributed by atoms with Crippen molar-refractivity contribution in [1.29, 1.82) is 0 Å². The molecule has 4 rings (SSSR count). The highest BCUT2D eigenvalue weighted by atomic mass is 35.5. The minimum Gasteiger partial charge on any atom is -0.459 e. The predicted octanol–water partition coefficient (Wildman–Crippen LogP) is 5.85. The van der Waals surface area contributed by atoms with Gasteiger partial charge in [-0.1, -0.05) is 49.2 Å². The second-order valence-electron chi connectivity index (χ2n) is 7.48. The summed E-state index contributed by atoms with van der Waals surface area (Å²) in [6.45, 7) is 2.17. The van der Waals surface area contributed by atoms with Crippen LogP contribution in [0.5, 0.6) is 0 Å². The Morgan fingerprint density at radius 1 is 1.14 bits per heavy atom. The molecule has 3 aromatic rings. The Balaban J connectivity index is 1.66. The van der Waals surface area contributed by atoms with Crippen LogP contribution < -0.4 is 5.63 Å². The third kappa shape index (κ3) is 3.83. The van der Waals surface area contributed by atoms with Crippen molar-refractivity contribution in [3.8, 4) is 11.1 Å². The molecular formula is C23H21ClO4. The number of fused-ring (bicyclic) bond motifs is 1. The number of benzene rings is 2. The minimum atomic E-state index is -0.457. The summed E-state index contributed by atoms with van der Waals surface area (Å²) in [5.41, 5.74) is 1.30. The fourth-order valence-corrected chi connectivity index (χ4v) is 4.01. The van der Waals surface area contributed by atoms with Crippen molar-refractivity contribution in [3.05, 3.63) is 69.5 Å². The van der Waals surface area contributed by atoms with E-state index < -0.39 is 11.6 Å². The molecule has 0 N–H and O–H groups in total. The van der Waals surface area contributed by atoms with E-state index in [0.29, 0.717) is 27.7 Å². The molecule has 1 heterocycles. The lowest BCUT2D eigenvalue weighted by molar-refractivity contribution is 0.0155. The van der Waals surface area contributed by atoms with Gasteiger partial charge in [0, 0.05) is 5.39 Å². The fourth-order valence-electron chi connectivity index (χ4n) is 3.81. The van der Waals surface area contributed by atoms with E-state index in [1.807, 2.05) is 18.2 Å². The Bertz CT molecular complexity index is 1090. The minimum absolute atomic E-state index is 0.0817. The van der Waals surface area contributed by atoms with Crippen molar-refractivity contribution in [2.45, 2.75) is 38.7 Å². The molecule has 1 aliphatic carbocycles. The van der Waals surface area contributed by atoms with Gasteiger partial charge >= 0.3 is 11.6 Å². The lowest BCUT2D eigenvalue weighted by Gasteiger charge is -2.26. The molecule has 0 radical (unpaired) electrons. The molecule has 0 aliphatic heterocycles. The van der Waals surface area contributed by atoms with Crippen LogP contribution in [0.2, 0.25) is 5.02 Å². The highest BCUT2D eigenvalue weighted by Gasteiger charge is 2.24. The monoisotopic (exact) mass is 396 g/mol. The average Bonchev–Trinajstić information content (AvgIpc) is 2.68. The average molecular weight is 397 g/mol. The first-order valence-electron chi connectivity index (χ1n) is 9.55. The lowest BCUT2D eigenvalue weighted by atomic mass is 9.89. The number of ether oxygens (including phenoxy) is 1. The number of hydrogen-bond acceptors (Lipinski definition) is 4. The fraction of sp³-hybridized carbons (Fsp3) is 0.304. The van der Waals surface area contributed by atoms with Crippen molar-refractivity contribution in [2.24, 2.45) is 5.92 Å². The van der Waals surface area contributed by atoms with Gasteiger partial charge in [-0.25, -0.2) is 9.59 Å². The Hall–Kier alpha value is -2.59. The Labute approximate surface area is 168 Å². The molecule has 1 aromatic heterocycles. The highest BCUT2D eigenvalue weighted by Crippen LogP contribution is 2.29. The number of esters is 1. The largest absolute Gasteiger partial charge is 0.459 e. The molecule has 0 saturated heterocycles. The molecular weight excluding hydrogens is 376 g/mol. The number of carbonyl (C=O) groups excluding carboxylic acids is 1. The zero-order chi connectivity index (χ0) is 19.7. The van der Waals surface area contributed by atoms with Gasteiger partial charge in [0.2, 0.25) is 0 Å². The molecule has 2 atom stereocenters. The van der Waals surface area contributed by atoms with Gasteiger partial charge in [0.15, 0.2) is 0 Å². The van der Waals surface area contributed by atoms with Gasteiger partial charge in [0.25, 0.3) is 0 Å². The van der Waals surface area contributed by atoms with Crippen LogP contribution in [0.4, 0.5) is 0 Å². The summed E-state index contributed by atoms with van der Waals surface area (Å²) in [4.78, 5) is 25.1. The third-order valence-corrected chi connectivity index (χ3v) is 5.63. The Morgan fingerprint density at radius 3 is 2.79 bits per heavy atom. The van der Waals surface area contributed by atoms with Crippen LogP contribution in [0.1, 0.15) is 43.0 Å². The third-order valence-electron chi connectivity index (χ3n) is 5.30.